The largest absolute Gasteiger partial charge is 0.316 e. The molecule has 0 spiro atoms. The highest BCUT2D eigenvalue weighted by atomic mass is 14.9. The zero-order chi connectivity index (χ0) is 13.5. The fourth-order valence-electron chi connectivity index (χ4n) is 4.43. The standard InChI is InChI=1S/C18H35N/c1-3-11-19-14-17-10-9-15(2)12-18(17)13-16-7-5-4-6-8-16/h15-19H,3-14H2,1-2H3. The quantitative estimate of drug-likeness (QED) is 0.666. The minimum Gasteiger partial charge on any atom is -0.316 e. The van der Waals surface area contributed by atoms with Crippen LogP contribution in [0.15, 0.2) is 0 Å². The van der Waals surface area contributed by atoms with Crippen LogP contribution in [-0.2, 0) is 0 Å². The SMILES string of the molecule is CCCNCC1CCC(C)CC1CC1CCCCC1. The zero-order valence-electron chi connectivity index (χ0n) is 13.3. The van der Waals surface area contributed by atoms with Crippen molar-refractivity contribution in [2.24, 2.45) is 23.7 Å². The lowest BCUT2D eigenvalue weighted by atomic mass is 9.69. The van der Waals surface area contributed by atoms with E-state index in [9.17, 15) is 0 Å². The van der Waals surface area contributed by atoms with Crippen molar-refractivity contribution in [2.75, 3.05) is 13.1 Å². The molecule has 0 radical (unpaired) electrons. The second-order valence-corrected chi connectivity index (χ2v) is 7.38. The fourth-order valence-corrected chi connectivity index (χ4v) is 4.43. The van der Waals surface area contributed by atoms with E-state index in [-0.39, 0.29) is 0 Å². The average Bonchev–Trinajstić information content (AvgIpc) is 2.43. The molecule has 2 rings (SSSR count). The van der Waals surface area contributed by atoms with Crippen LogP contribution in [0.5, 0.6) is 0 Å². The van der Waals surface area contributed by atoms with Crippen LogP contribution in [0.4, 0.5) is 0 Å². The van der Waals surface area contributed by atoms with Gasteiger partial charge in [0.2, 0.25) is 0 Å². The predicted molar refractivity (Wildman–Crippen MR) is 84.3 cm³/mol. The fraction of sp³-hybridized carbons (Fsp3) is 1.00. The number of hydrogen-bond acceptors (Lipinski definition) is 1. The molecule has 1 N–H and O–H groups in total. The van der Waals surface area contributed by atoms with Crippen molar-refractivity contribution in [1.82, 2.24) is 5.32 Å². The van der Waals surface area contributed by atoms with Crippen LogP contribution in [0.1, 0.15) is 78.1 Å². The summed E-state index contributed by atoms with van der Waals surface area (Å²) in [5.74, 6) is 4.05. The van der Waals surface area contributed by atoms with E-state index in [1.165, 1.54) is 70.9 Å². The molecular formula is C18H35N. The van der Waals surface area contributed by atoms with Crippen LogP contribution in [0, 0.1) is 23.7 Å². The Morgan fingerprint density at radius 2 is 1.74 bits per heavy atom. The zero-order valence-corrected chi connectivity index (χ0v) is 13.3. The highest BCUT2D eigenvalue weighted by molar-refractivity contribution is 4.82. The molecule has 0 bridgehead atoms. The van der Waals surface area contributed by atoms with E-state index in [1.807, 2.05) is 0 Å². The Kier molecular flexibility index (Phi) is 6.70. The molecule has 0 saturated heterocycles. The molecule has 2 aliphatic rings. The van der Waals surface area contributed by atoms with Crippen LogP contribution >= 0.6 is 0 Å². The van der Waals surface area contributed by atoms with Crippen LogP contribution < -0.4 is 5.32 Å². The van der Waals surface area contributed by atoms with Crippen LogP contribution in [0.25, 0.3) is 0 Å². The molecule has 3 unspecified atom stereocenters. The van der Waals surface area contributed by atoms with E-state index < -0.39 is 0 Å². The van der Waals surface area contributed by atoms with Gasteiger partial charge < -0.3 is 5.32 Å². The highest BCUT2D eigenvalue weighted by Crippen LogP contribution is 2.40. The van der Waals surface area contributed by atoms with Crippen molar-refractivity contribution in [3.05, 3.63) is 0 Å². The molecule has 0 aromatic carbocycles. The van der Waals surface area contributed by atoms with Gasteiger partial charge in [-0.1, -0.05) is 52.4 Å². The van der Waals surface area contributed by atoms with E-state index in [0.29, 0.717) is 0 Å². The van der Waals surface area contributed by atoms with Gasteiger partial charge in [-0.2, -0.15) is 0 Å². The van der Waals surface area contributed by atoms with Gasteiger partial charge in [0.25, 0.3) is 0 Å². The Hall–Kier alpha value is -0.0400. The summed E-state index contributed by atoms with van der Waals surface area (Å²) in [6, 6.07) is 0. The lowest BCUT2D eigenvalue weighted by Crippen LogP contribution is -2.34. The molecule has 0 aliphatic heterocycles. The minimum atomic E-state index is 0.977. The van der Waals surface area contributed by atoms with Crippen molar-refractivity contribution in [3.8, 4) is 0 Å². The van der Waals surface area contributed by atoms with E-state index >= 15 is 0 Å². The van der Waals surface area contributed by atoms with Gasteiger partial charge in [-0.05, 0) is 62.4 Å². The van der Waals surface area contributed by atoms with Gasteiger partial charge in [0.1, 0.15) is 0 Å². The highest BCUT2D eigenvalue weighted by Gasteiger charge is 2.30. The first-order chi connectivity index (χ1) is 9.29. The molecule has 0 aromatic rings. The van der Waals surface area contributed by atoms with Gasteiger partial charge in [0, 0.05) is 0 Å². The summed E-state index contributed by atoms with van der Waals surface area (Å²) in [7, 11) is 0. The predicted octanol–water partition coefficient (Wildman–Crippen LogP) is 5.01. The minimum absolute atomic E-state index is 0.977. The van der Waals surface area contributed by atoms with Gasteiger partial charge in [0.05, 0.1) is 0 Å². The van der Waals surface area contributed by atoms with Gasteiger partial charge in [0.15, 0.2) is 0 Å². The molecule has 2 fully saturated rings. The molecule has 0 aromatic heterocycles. The Morgan fingerprint density at radius 1 is 0.947 bits per heavy atom. The number of hydrogen-bond donors (Lipinski definition) is 1. The Morgan fingerprint density at radius 3 is 2.47 bits per heavy atom. The molecule has 2 aliphatic carbocycles. The normalized spacial score (nSPS) is 33.5. The second-order valence-electron chi connectivity index (χ2n) is 7.38. The van der Waals surface area contributed by atoms with E-state index in [4.69, 9.17) is 0 Å². The lowest BCUT2D eigenvalue weighted by Gasteiger charge is -2.38. The summed E-state index contributed by atoms with van der Waals surface area (Å²) < 4.78 is 0. The van der Waals surface area contributed by atoms with Gasteiger partial charge in [-0.3, -0.25) is 0 Å². The summed E-state index contributed by atoms with van der Waals surface area (Å²) in [4.78, 5) is 0. The topological polar surface area (TPSA) is 12.0 Å². The lowest BCUT2D eigenvalue weighted by molar-refractivity contribution is 0.142. The molecule has 3 atom stereocenters. The first kappa shape index (κ1) is 15.4. The maximum absolute atomic E-state index is 3.69. The summed E-state index contributed by atoms with van der Waals surface area (Å²) in [6.07, 6.45) is 14.8. The smallest absolute Gasteiger partial charge is 0.00179 e. The third kappa shape index (κ3) is 5.10. The Labute approximate surface area is 120 Å². The first-order valence-electron chi connectivity index (χ1n) is 9.00. The van der Waals surface area contributed by atoms with Gasteiger partial charge in [-0.25, -0.2) is 0 Å². The molecular weight excluding hydrogens is 230 g/mol. The van der Waals surface area contributed by atoms with Crippen molar-refractivity contribution in [2.45, 2.75) is 78.1 Å². The monoisotopic (exact) mass is 265 g/mol. The molecule has 0 heterocycles. The van der Waals surface area contributed by atoms with Crippen LogP contribution in [-0.4, -0.2) is 13.1 Å². The molecule has 1 heteroatoms. The Balaban J connectivity index is 1.80. The first-order valence-corrected chi connectivity index (χ1v) is 9.00. The molecule has 0 amide bonds. The van der Waals surface area contributed by atoms with Crippen molar-refractivity contribution in [3.63, 3.8) is 0 Å². The number of rotatable bonds is 6. The molecule has 1 nitrogen and oxygen atoms in total. The molecule has 2 saturated carbocycles. The second kappa shape index (κ2) is 8.29. The van der Waals surface area contributed by atoms with Crippen molar-refractivity contribution < 1.29 is 0 Å². The van der Waals surface area contributed by atoms with E-state index in [1.54, 1.807) is 6.42 Å². The van der Waals surface area contributed by atoms with Crippen molar-refractivity contribution >= 4 is 0 Å². The van der Waals surface area contributed by atoms with Crippen molar-refractivity contribution in [1.29, 1.82) is 0 Å². The van der Waals surface area contributed by atoms with Crippen LogP contribution in [0.3, 0.4) is 0 Å². The molecule has 19 heavy (non-hydrogen) atoms. The number of nitrogens with one attached hydrogen (secondary N) is 1. The maximum Gasteiger partial charge on any atom is -0.00179 e. The summed E-state index contributed by atoms with van der Waals surface area (Å²) in [5, 5.41) is 3.69. The summed E-state index contributed by atoms with van der Waals surface area (Å²) in [5.41, 5.74) is 0. The van der Waals surface area contributed by atoms with E-state index in [0.717, 1.165) is 23.7 Å². The van der Waals surface area contributed by atoms with Gasteiger partial charge >= 0.3 is 0 Å². The van der Waals surface area contributed by atoms with E-state index in [2.05, 4.69) is 19.2 Å². The third-order valence-corrected chi connectivity index (χ3v) is 5.60. The summed E-state index contributed by atoms with van der Waals surface area (Å²) in [6.45, 7) is 7.25. The third-order valence-electron chi connectivity index (χ3n) is 5.60. The van der Waals surface area contributed by atoms with Crippen LogP contribution in [0.2, 0.25) is 0 Å². The summed E-state index contributed by atoms with van der Waals surface area (Å²) >= 11 is 0. The molecule has 112 valence electrons. The van der Waals surface area contributed by atoms with Gasteiger partial charge in [-0.15, -0.1) is 0 Å². The Bertz CT molecular complexity index is 232. The maximum atomic E-state index is 3.69. The average molecular weight is 265 g/mol.